The first kappa shape index (κ1) is 31.0. The van der Waals surface area contributed by atoms with Crippen LogP contribution in [0.4, 0.5) is 0 Å². The van der Waals surface area contributed by atoms with Crippen molar-refractivity contribution in [1.82, 2.24) is 0 Å². The third-order valence-electron chi connectivity index (χ3n) is 6.46. The molecule has 0 bridgehead atoms. The van der Waals surface area contributed by atoms with E-state index in [2.05, 4.69) is 95.7 Å². The summed E-state index contributed by atoms with van der Waals surface area (Å²) in [5.41, 5.74) is 0. The Balaban J connectivity index is 1.49. The summed E-state index contributed by atoms with van der Waals surface area (Å²) in [6, 6.07) is 32.2. The smallest absolute Gasteiger partial charge is 0.347 e. The van der Waals surface area contributed by atoms with Crippen LogP contribution in [-0.2, 0) is 33.3 Å². The van der Waals surface area contributed by atoms with Crippen molar-refractivity contribution >= 4 is 41.1 Å². The molecule has 0 radical (unpaired) electrons. The average Bonchev–Trinajstić information content (AvgIpc) is 2.98. The van der Waals surface area contributed by atoms with E-state index in [1.165, 1.54) is 29.9 Å². The second-order valence-corrected chi connectivity index (χ2v) is 12.9. The highest BCUT2D eigenvalue weighted by Crippen LogP contribution is 2.55. The lowest BCUT2D eigenvalue weighted by molar-refractivity contribution is -0.170. The van der Waals surface area contributed by atoms with E-state index in [9.17, 15) is 14.4 Å². The van der Waals surface area contributed by atoms with Crippen molar-refractivity contribution in [3.8, 4) is 0 Å². The summed E-state index contributed by atoms with van der Waals surface area (Å²) in [6.45, 7) is 1.01. The number of carbonyl (C=O) groups is 3. The molecule has 0 aliphatic rings. The fourth-order valence-electron chi connectivity index (χ4n) is 4.56. The summed E-state index contributed by atoms with van der Waals surface area (Å²) in [5.74, 6) is -1.69. The molecule has 40 heavy (non-hydrogen) atoms. The second-order valence-electron chi connectivity index (χ2n) is 9.30. The van der Waals surface area contributed by atoms with Crippen molar-refractivity contribution < 1.29 is 33.3 Å². The molecule has 0 N–H and O–H groups in total. The van der Waals surface area contributed by atoms with Crippen LogP contribution in [0.3, 0.4) is 0 Å². The van der Waals surface area contributed by atoms with Crippen LogP contribution in [0, 0.1) is 0 Å². The van der Waals surface area contributed by atoms with Gasteiger partial charge in [-0.15, -0.1) is 0 Å². The minimum Gasteiger partial charge on any atom is -0.462 e. The third kappa shape index (κ3) is 9.00. The highest BCUT2D eigenvalue weighted by molar-refractivity contribution is 7.95. The summed E-state index contributed by atoms with van der Waals surface area (Å²) in [5, 5.41) is 4.05. The molecule has 7 nitrogen and oxygen atoms in total. The summed E-state index contributed by atoms with van der Waals surface area (Å²) in [4.78, 5) is 35.5. The van der Waals surface area contributed by atoms with Crippen molar-refractivity contribution in [1.29, 1.82) is 0 Å². The number of esters is 3. The molecule has 0 amide bonds. The molecule has 0 aromatic heterocycles. The topological polar surface area (TPSA) is 88.1 Å². The Morgan fingerprint density at radius 2 is 1.18 bits per heavy atom. The molecule has 0 fully saturated rings. The van der Waals surface area contributed by atoms with E-state index in [1.807, 2.05) is 0 Å². The van der Waals surface area contributed by atoms with Gasteiger partial charge in [0, 0.05) is 13.5 Å². The minimum absolute atomic E-state index is 0.0476. The number of unbranched alkanes of at least 4 members (excludes halogenated alkanes) is 2. The molecular formula is C32H38O7P+. The minimum atomic E-state index is -1.87. The molecule has 0 saturated carbocycles. The lowest BCUT2D eigenvalue weighted by Gasteiger charge is -2.27. The van der Waals surface area contributed by atoms with E-state index >= 15 is 0 Å². The van der Waals surface area contributed by atoms with Crippen LogP contribution in [0.1, 0.15) is 32.6 Å². The first-order chi connectivity index (χ1) is 19.5. The van der Waals surface area contributed by atoms with Gasteiger partial charge >= 0.3 is 17.9 Å². The Morgan fingerprint density at radius 1 is 0.675 bits per heavy atom. The quantitative estimate of drug-likeness (QED) is 0.111. The van der Waals surface area contributed by atoms with Crippen molar-refractivity contribution in [2.75, 3.05) is 33.1 Å². The molecule has 0 heterocycles. The van der Waals surface area contributed by atoms with Crippen LogP contribution < -0.4 is 15.9 Å². The third-order valence-corrected chi connectivity index (χ3v) is 11.0. The van der Waals surface area contributed by atoms with Crippen molar-refractivity contribution in [3.05, 3.63) is 91.0 Å². The van der Waals surface area contributed by atoms with Crippen molar-refractivity contribution in [2.24, 2.45) is 0 Å². The first-order valence-electron chi connectivity index (χ1n) is 13.5. The number of ether oxygens (including phenoxy) is 4. The summed E-state index contributed by atoms with van der Waals surface area (Å²) in [7, 11) is -0.518. The first-order valence-corrected chi connectivity index (χ1v) is 15.5. The van der Waals surface area contributed by atoms with E-state index in [4.69, 9.17) is 14.2 Å². The van der Waals surface area contributed by atoms with Crippen LogP contribution >= 0.6 is 7.26 Å². The maximum Gasteiger partial charge on any atom is 0.347 e. The van der Waals surface area contributed by atoms with Crippen LogP contribution in [-0.4, -0.2) is 57.1 Å². The zero-order valence-electron chi connectivity index (χ0n) is 23.2. The number of hydrogen-bond acceptors (Lipinski definition) is 7. The fourth-order valence-corrected chi connectivity index (χ4v) is 8.97. The van der Waals surface area contributed by atoms with Gasteiger partial charge < -0.3 is 18.9 Å². The molecule has 0 spiro atoms. The van der Waals surface area contributed by atoms with Crippen molar-refractivity contribution in [2.45, 2.75) is 38.7 Å². The highest BCUT2D eigenvalue weighted by atomic mass is 31.2. The van der Waals surface area contributed by atoms with Gasteiger partial charge in [-0.3, -0.25) is 4.79 Å². The summed E-state index contributed by atoms with van der Waals surface area (Å²) < 4.78 is 19.7. The summed E-state index contributed by atoms with van der Waals surface area (Å²) >= 11 is 0. The zero-order valence-corrected chi connectivity index (χ0v) is 24.1. The normalized spacial score (nSPS) is 11.8. The number of methoxy groups -OCH3 is 1. The molecule has 212 valence electrons. The highest BCUT2D eigenvalue weighted by Gasteiger charge is 2.44. The van der Waals surface area contributed by atoms with Gasteiger partial charge in [-0.1, -0.05) is 54.6 Å². The number of benzene rings is 3. The molecule has 1 unspecified atom stereocenters. The Hall–Kier alpha value is -3.54. The molecule has 8 heteroatoms. The van der Waals surface area contributed by atoms with Crippen LogP contribution in [0.25, 0.3) is 0 Å². The van der Waals surface area contributed by atoms with Gasteiger partial charge in [-0.2, -0.15) is 0 Å². The standard InChI is InChI=1S/C32H38O7P/c1-26(39-31(34)25-36-2)32(35)38-23-22-37-30(33)21-13-6-14-24-40(27-15-7-3-8-16-27,28-17-9-4-10-18-28)29-19-11-5-12-20-29/h3-5,7-12,15-20,26H,6,13-14,21-25H2,1-2H3/q+1. The van der Waals surface area contributed by atoms with Gasteiger partial charge in [0.25, 0.3) is 0 Å². The van der Waals surface area contributed by atoms with Gasteiger partial charge in [0.1, 0.15) is 43.0 Å². The predicted molar refractivity (Wildman–Crippen MR) is 158 cm³/mol. The van der Waals surface area contributed by atoms with Crippen LogP contribution in [0.2, 0.25) is 0 Å². The number of hydrogen-bond donors (Lipinski definition) is 0. The molecule has 1 atom stereocenters. The molecule has 0 aliphatic carbocycles. The van der Waals surface area contributed by atoms with Gasteiger partial charge in [0.05, 0.1) is 6.16 Å². The van der Waals surface area contributed by atoms with E-state index in [1.54, 1.807) is 0 Å². The molecular weight excluding hydrogens is 527 g/mol. The monoisotopic (exact) mass is 565 g/mol. The average molecular weight is 566 g/mol. The maximum atomic E-state index is 12.2. The van der Waals surface area contributed by atoms with Gasteiger partial charge in [-0.25, -0.2) is 9.59 Å². The largest absolute Gasteiger partial charge is 0.462 e. The Morgan fingerprint density at radius 3 is 1.68 bits per heavy atom. The van der Waals surface area contributed by atoms with Crippen LogP contribution in [0.15, 0.2) is 91.0 Å². The SMILES string of the molecule is COCC(=O)OC(C)C(=O)OCCOC(=O)CCCCC[P+](c1ccccc1)(c1ccccc1)c1ccccc1. The summed E-state index contributed by atoms with van der Waals surface area (Å²) in [6.07, 6.45) is 2.81. The molecule has 3 aromatic rings. The molecule has 0 aliphatic heterocycles. The van der Waals surface area contributed by atoms with Gasteiger partial charge in [0.15, 0.2) is 6.10 Å². The van der Waals surface area contributed by atoms with Crippen LogP contribution in [0.5, 0.6) is 0 Å². The lowest BCUT2D eigenvalue weighted by Crippen LogP contribution is -2.33. The fraction of sp³-hybridized carbons (Fsp3) is 0.344. The number of carbonyl (C=O) groups excluding carboxylic acids is 3. The van der Waals surface area contributed by atoms with E-state index in [-0.39, 0.29) is 25.8 Å². The van der Waals surface area contributed by atoms with Crippen molar-refractivity contribution in [3.63, 3.8) is 0 Å². The Labute approximate surface area is 237 Å². The van der Waals surface area contributed by atoms with E-state index in [0.717, 1.165) is 19.0 Å². The molecule has 3 rings (SSSR count). The predicted octanol–water partition coefficient (Wildman–Crippen LogP) is 4.21. The Kier molecular flexibility index (Phi) is 12.8. The van der Waals surface area contributed by atoms with E-state index < -0.39 is 25.3 Å². The second kappa shape index (κ2) is 16.5. The molecule has 0 saturated heterocycles. The lowest BCUT2D eigenvalue weighted by atomic mass is 10.2. The molecule has 3 aromatic carbocycles. The van der Waals surface area contributed by atoms with E-state index in [0.29, 0.717) is 12.8 Å². The Bertz CT molecular complexity index is 1090. The van der Waals surface area contributed by atoms with Gasteiger partial charge in [-0.05, 0) is 62.6 Å². The zero-order chi connectivity index (χ0) is 28.6. The number of rotatable bonds is 16. The van der Waals surface area contributed by atoms with Gasteiger partial charge in [0.2, 0.25) is 0 Å². The maximum absolute atomic E-state index is 12.2.